The molecule has 0 aliphatic rings. The lowest BCUT2D eigenvalue weighted by molar-refractivity contribution is 0.0496. The molecule has 0 fully saturated rings. The van der Waals surface area contributed by atoms with E-state index in [0.717, 1.165) is 16.9 Å². The number of hydrogen-bond acceptors (Lipinski definition) is 3. The fourth-order valence-electron chi connectivity index (χ4n) is 2.83. The zero-order valence-corrected chi connectivity index (χ0v) is 16.1. The van der Waals surface area contributed by atoms with E-state index in [9.17, 15) is 5.11 Å². The minimum absolute atomic E-state index is 0.0704. The van der Waals surface area contributed by atoms with Crippen molar-refractivity contribution in [1.82, 2.24) is 0 Å². The molecule has 0 saturated heterocycles. The van der Waals surface area contributed by atoms with Crippen LogP contribution in [-0.4, -0.2) is 19.0 Å². The Hall–Kier alpha value is -1.41. The van der Waals surface area contributed by atoms with E-state index in [2.05, 4.69) is 64.1 Å². The van der Waals surface area contributed by atoms with E-state index in [1.54, 1.807) is 7.11 Å². The van der Waals surface area contributed by atoms with Crippen molar-refractivity contribution in [1.29, 1.82) is 0 Å². The van der Waals surface area contributed by atoms with Crippen LogP contribution in [0.3, 0.4) is 0 Å². The Balaban J connectivity index is 2.39. The lowest BCUT2D eigenvalue weighted by Gasteiger charge is -2.29. The molecule has 0 heterocycles. The van der Waals surface area contributed by atoms with Crippen LogP contribution in [-0.2, 0) is 16.5 Å². The van der Waals surface area contributed by atoms with Crippen molar-refractivity contribution in [3.05, 3.63) is 58.7 Å². The van der Waals surface area contributed by atoms with Crippen molar-refractivity contribution < 1.29 is 14.6 Å². The second-order valence-electron chi connectivity index (χ2n) is 6.57. The largest absolute Gasteiger partial charge is 0.467 e. The first kappa shape index (κ1) is 18.9. The van der Waals surface area contributed by atoms with Gasteiger partial charge in [0.25, 0.3) is 0 Å². The molecular formula is C20H27O3P. The normalized spacial score (nSPS) is 12.1. The van der Waals surface area contributed by atoms with Gasteiger partial charge in [0.2, 0.25) is 0 Å². The Morgan fingerprint density at radius 1 is 1.12 bits per heavy atom. The van der Waals surface area contributed by atoms with Crippen LogP contribution < -0.4 is 10.0 Å². The van der Waals surface area contributed by atoms with Gasteiger partial charge in [0, 0.05) is 17.8 Å². The zero-order valence-electron chi connectivity index (χ0n) is 15.1. The molecule has 0 saturated carbocycles. The fourth-order valence-corrected chi connectivity index (χ4v) is 4.32. The zero-order chi connectivity index (χ0) is 17.7. The summed E-state index contributed by atoms with van der Waals surface area (Å²) < 4.78 is 10.9. The Morgan fingerprint density at radius 3 is 2.54 bits per heavy atom. The minimum Gasteiger partial charge on any atom is -0.467 e. The van der Waals surface area contributed by atoms with Crippen molar-refractivity contribution in [2.45, 2.75) is 39.5 Å². The monoisotopic (exact) mass is 346 g/mol. The molecule has 1 atom stereocenters. The number of methoxy groups -OCH3 is 1. The summed E-state index contributed by atoms with van der Waals surface area (Å²) >= 11 is 0. The predicted molar refractivity (Wildman–Crippen MR) is 102 cm³/mol. The van der Waals surface area contributed by atoms with Gasteiger partial charge in [-0.2, -0.15) is 0 Å². The van der Waals surface area contributed by atoms with E-state index < -0.39 is 0 Å². The Morgan fingerprint density at radius 2 is 1.88 bits per heavy atom. The third-order valence-electron chi connectivity index (χ3n) is 4.08. The molecule has 0 aliphatic heterocycles. The number of hydrogen-bond donors (Lipinski definition) is 1. The first-order valence-corrected chi connectivity index (χ1v) is 9.09. The molecule has 4 heteroatoms. The molecule has 0 spiro atoms. The molecule has 0 radical (unpaired) electrons. The van der Waals surface area contributed by atoms with E-state index in [1.807, 2.05) is 0 Å². The number of benzene rings is 2. The highest BCUT2D eigenvalue weighted by molar-refractivity contribution is 7.48. The summed E-state index contributed by atoms with van der Waals surface area (Å²) in [5.41, 5.74) is 4.45. The molecule has 1 N–H and O–H groups in total. The molecule has 0 aliphatic carbocycles. The highest BCUT2D eigenvalue weighted by atomic mass is 31.1. The third-order valence-corrected chi connectivity index (χ3v) is 5.74. The molecule has 0 amide bonds. The van der Waals surface area contributed by atoms with Crippen LogP contribution in [0, 0.1) is 13.8 Å². The van der Waals surface area contributed by atoms with E-state index in [1.165, 1.54) is 16.4 Å². The van der Waals surface area contributed by atoms with Crippen molar-refractivity contribution in [3.63, 3.8) is 0 Å². The Bertz CT molecular complexity index is 695. The van der Waals surface area contributed by atoms with Crippen LogP contribution in [0.1, 0.15) is 36.1 Å². The van der Waals surface area contributed by atoms with Crippen LogP contribution >= 0.6 is 8.58 Å². The van der Waals surface area contributed by atoms with Gasteiger partial charge in [-0.25, -0.2) is 0 Å². The van der Waals surface area contributed by atoms with Gasteiger partial charge in [-0.3, -0.25) is 0 Å². The summed E-state index contributed by atoms with van der Waals surface area (Å²) in [6.07, 6.45) is 0. The highest BCUT2D eigenvalue weighted by Gasteiger charge is 2.27. The van der Waals surface area contributed by atoms with Crippen molar-refractivity contribution in [2.75, 3.05) is 13.9 Å². The van der Waals surface area contributed by atoms with Gasteiger partial charge in [-0.15, -0.1) is 0 Å². The number of aryl methyl sites for hydroxylation is 2. The number of aliphatic hydroxyl groups excluding tert-OH is 1. The van der Waals surface area contributed by atoms with Crippen LogP contribution in [0.5, 0.6) is 5.75 Å². The summed E-state index contributed by atoms with van der Waals surface area (Å²) in [5.74, 6) is 0.898. The molecule has 130 valence electrons. The Kier molecular flexibility index (Phi) is 6.40. The van der Waals surface area contributed by atoms with Gasteiger partial charge >= 0.3 is 0 Å². The summed E-state index contributed by atoms with van der Waals surface area (Å²) in [6, 6.07) is 12.6. The second-order valence-corrected chi connectivity index (χ2v) is 8.61. The average Bonchev–Trinajstić information content (AvgIpc) is 2.55. The van der Waals surface area contributed by atoms with Gasteiger partial charge in [-0.05, 0) is 30.3 Å². The Labute approximate surface area is 146 Å². The van der Waals surface area contributed by atoms with Gasteiger partial charge in [0.15, 0.2) is 6.79 Å². The average molecular weight is 346 g/mol. The van der Waals surface area contributed by atoms with Gasteiger partial charge in [0.05, 0.1) is 6.61 Å². The molecule has 2 aromatic carbocycles. The number of rotatable bonds is 7. The maximum atomic E-state index is 9.69. The van der Waals surface area contributed by atoms with Crippen LogP contribution in [0.25, 0.3) is 0 Å². The van der Waals surface area contributed by atoms with Gasteiger partial charge < -0.3 is 14.6 Å². The molecule has 24 heavy (non-hydrogen) atoms. The maximum absolute atomic E-state index is 9.69. The highest BCUT2D eigenvalue weighted by Crippen LogP contribution is 2.45. The standard InChI is InChI=1S/C20H27O3P/c1-14-9-10-18(16(11-14)12-21)24-20(3,4)17-8-6-7-15(2)19(17)23-13-22-5/h6-11,21,24H,12-13H2,1-5H3. The van der Waals surface area contributed by atoms with Gasteiger partial charge in [0.1, 0.15) is 5.75 Å². The summed E-state index contributed by atoms with van der Waals surface area (Å²) in [6.45, 7) is 8.86. The van der Waals surface area contributed by atoms with Crippen LogP contribution in [0.4, 0.5) is 0 Å². The first-order valence-electron chi connectivity index (χ1n) is 8.09. The van der Waals surface area contributed by atoms with Gasteiger partial charge in [-0.1, -0.05) is 64.4 Å². The maximum Gasteiger partial charge on any atom is 0.188 e. The molecule has 2 aromatic rings. The number of aliphatic hydroxyl groups is 1. The third kappa shape index (κ3) is 4.36. The molecule has 3 nitrogen and oxygen atoms in total. The molecule has 2 rings (SSSR count). The van der Waals surface area contributed by atoms with E-state index >= 15 is 0 Å². The quantitative estimate of drug-likeness (QED) is 0.608. The lowest BCUT2D eigenvalue weighted by atomic mass is 9.98. The van der Waals surface area contributed by atoms with Crippen LogP contribution in [0.15, 0.2) is 36.4 Å². The summed E-state index contributed by atoms with van der Waals surface area (Å²) in [4.78, 5) is 0. The molecule has 1 unspecified atom stereocenters. The molecule has 0 aromatic heterocycles. The summed E-state index contributed by atoms with van der Waals surface area (Å²) in [7, 11) is 2.16. The minimum atomic E-state index is -0.103. The van der Waals surface area contributed by atoms with E-state index in [4.69, 9.17) is 9.47 Å². The van der Waals surface area contributed by atoms with Crippen molar-refractivity contribution in [2.24, 2.45) is 0 Å². The summed E-state index contributed by atoms with van der Waals surface area (Å²) in [5, 5.41) is 10.8. The predicted octanol–water partition coefficient (Wildman–Crippen LogP) is 4.02. The van der Waals surface area contributed by atoms with Crippen molar-refractivity contribution >= 4 is 13.9 Å². The molecular weight excluding hydrogens is 319 g/mol. The second kappa shape index (κ2) is 8.11. The van der Waals surface area contributed by atoms with E-state index in [-0.39, 0.29) is 18.6 Å². The number of ether oxygens (including phenoxy) is 2. The first-order chi connectivity index (χ1) is 11.4. The van der Waals surface area contributed by atoms with Crippen molar-refractivity contribution in [3.8, 4) is 5.75 Å². The van der Waals surface area contributed by atoms with Crippen LogP contribution in [0.2, 0.25) is 0 Å². The van der Waals surface area contributed by atoms with E-state index in [0.29, 0.717) is 8.58 Å². The fraction of sp³-hybridized carbons (Fsp3) is 0.400. The lowest BCUT2D eigenvalue weighted by Crippen LogP contribution is -2.19. The number of para-hydroxylation sites is 1. The molecule has 0 bridgehead atoms. The topological polar surface area (TPSA) is 38.7 Å². The SMILES string of the molecule is COCOc1c(C)cccc1C(C)(C)Pc1ccc(C)cc1CO. The smallest absolute Gasteiger partial charge is 0.188 e.